The third-order valence-corrected chi connectivity index (χ3v) is 13.1. The number of ether oxygens (including phenoxy) is 2. The van der Waals surface area contributed by atoms with Gasteiger partial charge in [-0.3, -0.25) is 9.59 Å². The molecule has 8 rings (SSSR count). The van der Waals surface area contributed by atoms with Gasteiger partial charge in [-0.2, -0.15) is 0 Å². The zero-order chi connectivity index (χ0) is 41.2. The number of primary amides is 2. The van der Waals surface area contributed by atoms with Gasteiger partial charge in [0.25, 0.3) is 0 Å². The molecule has 0 aliphatic carbocycles. The highest BCUT2D eigenvalue weighted by Crippen LogP contribution is 2.46. The first-order chi connectivity index (χ1) is 27.8. The molecule has 0 aliphatic rings. The Bertz CT molecular complexity index is 2860. The Morgan fingerprint density at radius 1 is 0.655 bits per heavy atom. The van der Waals surface area contributed by atoms with Crippen LogP contribution in [0.1, 0.15) is 53.9 Å². The minimum absolute atomic E-state index is 0.0631. The molecule has 0 aliphatic heterocycles. The number of rotatable bonds is 11. The number of imidazole rings is 2. The van der Waals surface area contributed by atoms with Crippen LogP contribution < -0.4 is 11.5 Å². The van der Waals surface area contributed by atoms with Crippen LogP contribution in [0.3, 0.4) is 0 Å². The Morgan fingerprint density at radius 2 is 1.05 bits per heavy atom. The number of nitrogens with two attached hydrogens (primary N) is 2. The molecule has 0 fully saturated rings. The summed E-state index contributed by atoms with van der Waals surface area (Å²) in [6, 6.07) is 15.2. The maximum absolute atomic E-state index is 15.5. The van der Waals surface area contributed by atoms with Crippen molar-refractivity contribution in [2.24, 2.45) is 11.5 Å². The van der Waals surface area contributed by atoms with Crippen molar-refractivity contribution < 1.29 is 37.4 Å². The lowest BCUT2D eigenvalue weighted by atomic mass is 10.1. The summed E-state index contributed by atoms with van der Waals surface area (Å²) in [4.78, 5) is 61.8. The molecule has 0 saturated heterocycles. The van der Waals surface area contributed by atoms with Crippen LogP contribution in [0.5, 0.6) is 0 Å². The fraction of sp³-hybridized carbons (Fsp3) is 0.150. The molecule has 12 nitrogen and oxygen atoms in total. The number of nitrogens with zero attached hydrogens (tertiary/aromatic N) is 4. The Kier molecular flexibility index (Phi) is 10.4. The number of hydrogen-bond acceptors (Lipinski definition) is 10. The number of thiophene rings is 2. The van der Waals surface area contributed by atoms with E-state index >= 15 is 8.78 Å². The fourth-order valence-electron chi connectivity index (χ4n) is 6.97. The minimum atomic E-state index is -0.678. The molecule has 294 valence electrons. The van der Waals surface area contributed by atoms with Crippen molar-refractivity contribution in [2.75, 3.05) is 13.2 Å². The average molecular weight is 951 g/mol. The molecule has 4 aromatic carbocycles. The highest BCUT2D eigenvalue weighted by molar-refractivity contribution is 9.11. The maximum Gasteiger partial charge on any atom is 0.349 e. The first-order valence-corrected chi connectivity index (χ1v) is 20.8. The van der Waals surface area contributed by atoms with Crippen molar-refractivity contribution in [3.05, 3.63) is 102 Å². The summed E-state index contributed by atoms with van der Waals surface area (Å²) >= 11 is 8.98. The summed E-state index contributed by atoms with van der Waals surface area (Å²) in [5.74, 6) is -3.29. The summed E-state index contributed by atoms with van der Waals surface area (Å²) in [6.07, 6.45) is 0. The van der Waals surface area contributed by atoms with Gasteiger partial charge in [0, 0.05) is 43.9 Å². The van der Waals surface area contributed by atoms with E-state index in [1.165, 1.54) is 24.3 Å². The molecule has 2 amide bonds. The molecule has 0 spiro atoms. The Balaban J connectivity index is 1.40. The second kappa shape index (κ2) is 15.3. The number of halogens is 4. The molecule has 4 aromatic heterocycles. The van der Waals surface area contributed by atoms with Gasteiger partial charge in [0.15, 0.2) is 0 Å². The number of hydrogen-bond donors (Lipinski definition) is 2. The van der Waals surface area contributed by atoms with Crippen LogP contribution in [0.25, 0.3) is 65.0 Å². The van der Waals surface area contributed by atoms with Crippen molar-refractivity contribution in [1.82, 2.24) is 19.1 Å². The van der Waals surface area contributed by atoms with Gasteiger partial charge in [0.1, 0.15) is 33.0 Å². The van der Waals surface area contributed by atoms with Gasteiger partial charge in [-0.15, -0.1) is 22.7 Å². The van der Waals surface area contributed by atoms with Crippen molar-refractivity contribution in [3.8, 4) is 22.8 Å². The molecule has 18 heteroatoms. The van der Waals surface area contributed by atoms with Crippen LogP contribution in [0.15, 0.2) is 69.6 Å². The number of aromatic nitrogens is 4. The third-order valence-electron chi connectivity index (χ3n) is 9.46. The summed E-state index contributed by atoms with van der Waals surface area (Å²) in [7, 11) is 0. The van der Waals surface area contributed by atoms with E-state index in [-0.39, 0.29) is 68.2 Å². The number of esters is 2. The summed E-state index contributed by atoms with van der Waals surface area (Å²) in [6.45, 7) is 3.67. The standard InChI is InChI=1S/C40H28Br2F2N6O6S2/c1-3-55-39(53)33-29(27-19(41)7-9-21(43)31(27)57-33)37-47-23-15-17(35(45)51)5-11-25(23)49(37)13-14-50-26-12-6-18(36(46)52)16-24(26)48-38(50)30-28-20(42)8-10-22(44)32(28)58-34(30)40(54)56-4-2/h5-12,15-16H,3-4,13-14H2,1-2H3,(H2,45,51)(H2,46,52). The van der Waals surface area contributed by atoms with Gasteiger partial charge >= 0.3 is 11.9 Å². The third kappa shape index (κ3) is 6.53. The quantitative estimate of drug-likeness (QED) is 0.121. The van der Waals surface area contributed by atoms with Crippen LogP contribution in [0.4, 0.5) is 8.78 Å². The summed E-state index contributed by atoms with van der Waals surface area (Å²) < 4.78 is 46.9. The lowest BCUT2D eigenvalue weighted by Crippen LogP contribution is -2.13. The molecule has 0 bridgehead atoms. The lowest BCUT2D eigenvalue weighted by Gasteiger charge is -2.15. The first kappa shape index (κ1) is 39.3. The molecule has 0 saturated carbocycles. The Morgan fingerprint density at radius 3 is 1.41 bits per heavy atom. The molecule has 4 heterocycles. The second-order valence-electron chi connectivity index (χ2n) is 12.8. The van der Waals surface area contributed by atoms with Crippen molar-refractivity contribution >= 4 is 121 Å². The van der Waals surface area contributed by atoms with E-state index in [2.05, 4.69) is 31.9 Å². The van der Waals surface area contributed by atoms with Crippen LogP contribution in [-0.2, 0) is 22.6 Å². The summed E-state index contributed by atoms with van der Waals surface area (Å²) in [5.41, 5.74) is 14.1. The van der Waals surface area contributed by atoms with Gasteiger partial charge in [-0.1, -0.05) is 31.9 Å². The SMILES string of the molecule is CCOC(=O)c1sc2c(F)ccc(Br)c2c1-c1nc2cc(C(N)=O)ccc2n1CCn1c(-c2c(C(=O)OCC)sc3c(F)ccc(Br)c23)nc2cc(C(N)=O)ccc21. The summed E-state index contributed by atoms with van der Waals surface area (Å²) in [5, 5.41) is 0.784. The Labute approximate surface area is 351 Å². The van der Waals surface area contributed by atoms with E-state index in [9.17, 15) is 19.2 Å². The molecular weight excluding hydrogens is 922 g/mol. The molecule has 4 N–H and O–H groups in total. The van der Waals surface area contributed by atoms with Crippen LogP contribution in [0.2, 0.25) is 0 Å². The minimum Gasteiger partial charge on any atom is -0.462 e. The zero-order valence-corrected chi connectivity index (χ0v) is 35.1. The van der Waals surface area contributed by atoms with E-state index in [4.69, 9.17) is 30.9 Å². The van der Waals surface area contributed by atoms with Gasteiger partial charge < -0.3 is 30.1 Å². The highest BCUT2D eigenvalue weighted by Gasteiger charge is 2.31. The monoisotopic (exact) mass is 948 g/mol. The smallest absolute Gasteiger partial charge is 0.349 e. The van der Waals surface area contributed by atoms with Gasteiger partial charge in [-0.05, 0) is 74.5 Å². The zero-order valence-electron chi connectivity index (χ0n) is 30.3. The molecule has 0 unspecified atom stereocenters. The number of benzene rings is 4. The van der Waals surface area contributed by atoms with Crippen LogP contribution in [-0.4, -0.2) is 56.1 Å². The molecule has 0 radical (unpaired) electrons. The number of fused-ring (bicyclic) bond motifs is 4. The molecule has 58 heavy (non-hydrogen) atoms. The van der Waals surface area contributed by atoms with E-state index in [1.54, 1.807) is 50.2 Å². The van der Waals surface area contributed by atoms with E-state index in [0.717, 1.165) is 22.7 Å². The van der Waals surface area contributed by atoms with E-state index in [0.29, 0.717) is 52.9 Å². The lowest BCUT2D eigenvalue weighted by molar-refractivity contribution is 0.0523. The van der Waals surface area contributed by atoms with E-state index in [1.807, 2.05) is 9.13 Å². The van der Waals surface area contributed by atoms with Gasteiger partial charge in [0.05, 0.1) is 55.8 Å². The predicted molar refractivity (Wildman–Crippen MR) is 225 cm³/mol. The number of aryl methyl sites for hydroxylation is 2. The maximum atomic E-state index is 15.5. The van der Waals surface area contributed by atoms with Crippen LogP contribution >= 0.6 is 54.5 Å². The van der Waals surface area contributed by atoms with Gasteiger partial charge in [-0.25, -0.2) is 28.3 Å². The predicted octanol–water partition coefficient (Wildman–Crippen LogP) is 9.20. The molecule has 0 atom stereocenters. The fourth-order valence-corrected chi connectivity index (χ4v) is 10.5. The van der Waals surface area contributed by atoms with E-state index < -0.39 is 35.4 Å². The highest BCUT2D eigenvalue weighted by atomic mass is 79.9. The van der Waals surface area contributed by atoms with Crippen molar-refractivity contribution in [1.29, 1.82) is 0 Å². The first-order valence-electron chi connectivity index (χ1n) is 17.6. The van der Waals surface area contributed by atoms with Crippen LogP contribution in [0, 0.1) is 11.6 Å². The number of amides is 2. The van der Waals surface area contributed by atoms with Crippen molar-refractivity contribution in [2.45, 2.75) is 26.9 Å². The second-order valence-corrected chi connectivity index (χ2v) is 16.6. The topological polar surface area (TPSA) is 174 Å². The van der Waals surface area contributed by atoms with Crippen molar-refractivity contribution in [3.63, 3.8) is 0 Å². The normalized spacial score (nSPS) is 11.6. The number of carbonyl (C=O) groups is 4. The molecule has 8 aromatic rings. The largest absolute Gasteiger partial charge is 0.462 e. The molecular formula is C40H28Br2F2N6O6S2. The number of carbonyl (C=O) groups excluding carboxylic acids is 4. The van der Waals surface area contributed by atoms with Gasteiger partial charge in [0.2, 0.25) is 11.8 Å². The Hall–Kier alpha value is -5.56. The average Bonchev–Trinajstić information content (AvgIpc) is 3.97.